The number of rotatable bonds is 3. The fourth-order valence-electron chi connectivity index (χ4n) is 4.65. The molecule has 2 saturated heterocycles. The van der Waals surface area contributed by atoms with E-state index in [2.05, 4.69) is 10.2 Å². The molecule has 1 aromatic heterocycles. The number of methoxy groups -OCH3 is 1. The molecule has 2 amide bonds. The number of aromatic amines is 1. The van der Waals surface area contributed by atoms with Crippen LogP contribution in [0.3, 0.4) is 0 Å². The number of carbonyl (C=O) groups excluding carboxylic acids is 2. The minimum absolute atomic E-state index is 0.00449. The maximum atomic E-state index is 13.0. The van der Waals surface area contributed by atoms with Gasteiger partial charge in [-0.3, -0.25) is 14.7 Å². The molecular formula is C22H28N4O4. The van der Waals surface area contributed by atoms with Crippen LogP contribution in [-0.2, 0) is 4.79 Å². The van der Waals surface area contributed by atoms with Crippen molar-refractivity contribution in [1.82, 2.24) is 20.0 Å². The predicted molar refractivity (Wildman–Crippen MR) is 111 cm³/mol. The number of aromatic nitrogens is 2. The minimum Gasteiger partial charge on any atom is -0.497 e. The van der Waals surface area contributed by atoms with Gasteiger partial charge in [0, 0.05) is 38.7 Å². The molecule has 0 aliphatic carbocycles. The largest absolute Gasteiger partial charge is 0.497 e. The van der Waals surface area contributed by atoms with Crippen molar-refractivity contribution in [3.05, 3.63) is 36.0 Å². The van der Waals surface area contributed by atoms with Crippen LogP contribution in [-0.4, -0.2) is 76.3 Å². The van der Waals surface area contributed by atoms with Gasteiger partial charge in [0.25, 0.3) is 5.91 Å². The molecule has 4 rings (SSSR count). The van der Waals surface area contributed by atoms with Gasteiger partial charge in [0.1, 0.15) is 11.4 Å². The number of carbonyl (C=O) groups is 2. The molecule has 160 valence electrons. The van der Waals surface area contributed by atoms with Crippen LogP contribution < -0.4 is 4.74 Å². The lowest BCUT2D eigenvalue weighted by molar-refractivity contribution is -0.137. The fourth-order valence-corrected chi connectivity index (χ4v) is 4.65. The normalized spacial score (nSPS) is 21.0. The molecule has 2 aliphatic heterocycles. The molecule has 3 heterocycles. The number of piperidine rings is 2. The van der Waals surface area contributed by atoms with E-state index in [4.69, 9.17) is 4.74 Å². The number of amides is 2. The molecule has 30 heavy (non-hydrogen) atoms. The molecule has 8 heteroatoms. The van der Waals surface area contributed by atoms with Crippen LogP contribution in [0.4, 0.5) is 0 Å². The smallest absolute Gasteiger partial charge is 0.271 e. The molecule has 1 aromatic carbocycles. The van der Waals surface area contributed by atoms with Gasteiger partial charge in [0.05, 0.1) is 18.9 Å². The highest BCUT2D eigenvalue weighted by Crippen LogP contribution is 2.40. The van der Waals surface area contributed by atoms with Crippen molar-refractivity contribution in [1.29, 1.82) is 0 Å². The van der Waals surface area contributed by atoms with Gasteiger partial charge in [-0.1, -0.05) is 0 Å². The third-order valence-electron chi connectivity index (χ3n) is 6.38. The molecule has 0 saturated carbocycles. The number of nitrogens with zero attached hydrogens (tertiary/aromatic N) is 3. The van der Waals surface area contributed by atoms with Gasteiger partial charge in [-0.05, 0) is 55.0 Å². The molecule has 2 aliphatic rings. The first-order valence-corrected chi connectivity index (χ1v) is 10.3. The molecule has 2 fully saturated rings. The highest BCUT2D eigenvalue weighted by Gasteiger charge is 2.43. The van der Waals surface area contributed by atoms with Crippen molar-refractivity contribution in [2.24, 2.45) is 5.41 Å². The minimum atomic E-state index is -0.496. The number of β-amino-alcohol motifs (C(OH)–C–C–N with tert-alkyl or cyclic N) is 1. The summed E-state index contributed by atoms with van der Waals surface area (Å²) in [6, 6.07) is 9.31. The van der Waals surface area contributed by atoms with Crippen molar-refractivity contribution in [2.75, 3.05) is 33.3 Å². The maximum Gasteiger partial charge on any atom is 0.271 e. The van der Waals surface area contributed by atoms with E-state index >= 15 is 0 Å². The Bertz CT molecular complexity index is 915. The zero-order chi connectivity index (χ0) is 21.3. The Morgan fingerprint density at radius 2 is 1.90 bits per heavy atom. The molecular weight excluding hydrogens is 384 g/mol. The average molecular weight is 412 g/mol. The molecule has 1 unspecified atom stereocenters. The number of benzene rings is 1. The zero-order valence-corrected chi connectivity index (χ0v) is 17.4. The van der Waals surface area contributed by atoms with E-state index in [1.165, 1.54) is 0 Å². The van der Waals surface area contributed by atoms with E-state index in [1.807, 2.05) is 29.2 Å². The van der Waals surface area contributed by atoms with Gasteiger partial charge < -0.3 is 19.6 Å². The first-order chi connectivity index (χ1) is 14.4. The number of H-pyrrole nitrogens is 1. The first-order valence-electron chi connectivity index (χ1n) is 10.3. The molecule has 0 bridgehead atoms. The van der Waals surface area contributed by atoms with Crippen molar-refractivity contribution in [3.63, 3.8) is 0 Å². The predicted octanol–water partition coefficient (Wildman–Crippen LogP) is 1.92. The monoisotopic (exact) mass is 412 g/mol. The number of aliphatic hydroxyl groups excluding tert-OH is 1. The Morgan fingerprint density at radius 3 is 2.53 bits per heavy atom. The van der Waals surface area contributed by atoms with Crippen LogP contribution in [0.1, 0.15) is 36.7 Å². The number of hydrogen-bond donors (Lipinski definition) is 2. The summed E-state index contributed by atoms with van der Waals surface area (Å²) in [7, 11) is 1.62. The fraction of sp³-hybridized carbons (Fsp3) is 0.500. The van der Waals surface area contributed by atoms with Gasteiger partial charge in [0.2, 0.25) is 5.91 Å². The SMILES string of the molecule is COc1ccc(-c2cc(C(=O)N3CCC4(CC3)CC(O)CN(C(C)=O)C4)[nH]n2)cc1. The number of ether oxygens (including phenoxy) is 1. The molecule has 2 N–H and O–H groups in total. The van der Waals surface area contributed by atoms with Crippen molar-refractivity contribution >= 4 is 11.8 Å². The summed E-state index contributed by atoms with van der Waals surface area (Å²) in [6.45, 7) is 3.82. The lowest BCUT2D eigenvalue weighted by Crippen LogP contribution is -2.55. The van der Waals surface area contributed by atoms with Crippen LogP contribution in [0.25, 0.3) is 11.3 Å². The summed E-state index contributed by atoms with van der Waals surface area (Å²) in [5, 5.41) is 17.4. The van der Waals surface area contributed by atoms with Crippen LogP contribution in [0, 0.1) is 5.41 Å². The maximum absolute atomic E-state index is 13.0. The van der Waals surface area contributed by atoms with Crippen LogP contribution in [0.2, 0.25) is 0 Å². The van der Waals surface area contributed by atoms with Gasteiger partial charge in [-0.2, -0.15) is 5.10 Å². The van der Waals surface area contributed by atoms with Crippen molar-refractivity contribution in [3.8, 4) is 17.0 Å². The van der Waals surface area contributed by atoms with E-state index in [9.17, 15) is 14.7 Å². The molecule has 2 aromatic rings. The van der Waals surface area contributed by atoms with E-state index in [1.54, 1.807) is 25.0 Å². The lowest BCUT2D eigenvalue weighted by atomic mass is 9.71. The topological polar surface area (TPSA) is 98.8 Å². The second-order valence-electron chi connectivity index (χ2n) is 8.45. The second-order valence-corrected chi connectivity index (χ2v) is 8.45. The van der Waals surface area contributed by atoms with Crippen LogP contribution >= 0.6 is 0 Å². The van der Waals surface area contributed by atoms with E-state index in [-0.39, 0.29) is 17.2 Å². The summed E-state index contributed by atoms with van der Waals surface area (Å²) < 4.78 is 5.18. The van der Waals surface area contributed by atoms with E-state index in [0.29, 0.717) is 44.0 Å². The Hall–Kier alpha value is -2.87. The van der Waals surface area contributed by atoms with Crippen molar-refractivity contribution < 1.29 is 19.4 Å². The number of likely N-dealkylation sites (tertiary alicyclic amines) is 2. The lowest BCUT2D eigenvalue weighted by Gasteiger charge is -2.48. The molecule has 1 atom stereocenters. The van der Waals surface area contributed by atoms with Crippen molar-refractivity contribution in [2.45, 2.75) is 32.3 Å². The van der Waals surface area contributed by atoms with Gasteiger partial charge in [-0.25, -0.2) is 0 Å². The first kappa shape index (κ1) is 20.4. The zero-order valence-electron chi connectivity index (χ0n) is 17.4. The van der Waals surface area contributed by atoms with Crippen LogP contribution in [0.5, 0.6) is 5.75 Å². The van der Waals surface area contributed by atoms with E-state index < -0.39 is 6.10 Å². The highest BCUT2D eigenvalue weighted by atomic mass is 16.5. The van der Waals surface area contributed by atoms with Gasteiger partial charge in [0.15, 0.2) is 0 Å². The average Bonchev–Trinajstić information content (AvgIpc) is 3.23. The Morgan fingerprint density at radius 1 is 1.20 bits per heavy atom. The Kier molecular flexibility index (Phi) is 5.51. The van der Waals surface area contributed by atoms with Gasteiger partial charge in [-0.15, -0.1) is 0 Å². The highest BCUT2D eigenvalue weighted by molar-refractivity contribution is 5.93. The third-order valence-corrected chi connectivity index (χ3v) is 6.38. The van der Waals surface area contributed by atoms with Crippen LogP contribution in [0.15, 0.2) is 30.3 Å². The summed E-state index contributed by atoms with van der Waals surface area (Å²) >= 11 is 0. The molecule has 1 spiro atoms. The summed E-state index contributed by atoms with van der Waals surface area (Å²) in [6.07, 6.45) is 1.74. The third kappa shape index (κ3) is 4.05. The summed E-state index contributed by atoms with van der Waals surface area (Å²) in [5.74, 6) is 0.691. The summed E-state index contributed by atoms with van der Waals surface area (Å²) in [4.78, 5) is 28.4. The molecule has 8 nitrogen and oxygen atoms in total. The summed E-state index contributed by atoms with van der Waals surface area (Å²) in [5.41, 5.74) is 1.97. The number of aliphatic hydroxyl groups is 1. The molecule has 0 radical (unpaired) electrons. The number of nitrogens with one attached hydrogen (secondary N) is 1. The second kappa shape index (κ2) is 8.10. The standard InChI is InChI=1S/C22H28N4O4/c1-15(27)26-13-17(28)12-22(14-26)7-9-25(10-8-22)21(29)20-11-19(23-24-20)16-3-5-18(30-2)6-4-16/h3-6,11,17,28H,7-10,12-14H2,1-2H3,(H,23,24). The Balaban J connectivity index is 1.41. The van der Waals surface area contributed by atoms with Gasteiger partial charge >= 0.3 is 0 Å². The number of hydrogen-bond acceptors (Lipinski definition) is 5. The quantitative estimate of drug-likeness (QED) is 0.803. The Labute approximate surface area is 175 Å². The van der Waals surface area contributed by atoms with E-state index in [0.717, 1.165) is 24.2 Å².